The van der Waals surface area contributed by atoms with Crippen molar-refractivity contribution in [2.24, 2.45) is 29.6 Å². The van der Waals surface area contributed by atoms with Gasteiger partial charge in [0.05, 0.1) is 41.2 Å². The second-order valence-electron chi connectivity index (χ2n) is 20.1. The Morgan fingerprint density at radius 3 is 2.23 bits per heavy atom. The number of amides is 1. The minimum atomic E-state index is -0.993. The summed E-state index contributed by atoms with van der Waals surface area (Å²) in [6, 6.07) is 25.0. The number of aromatic nitrogens is 1. The van der Waals surface area contributed by atoms with Crippen LogP contribution < -0.4 is 10.4 Å². The van der Waals surface area contributed by atoms with Crippen LogP contribution >= 0.6 is 0 Å². The Morgan fingerprint density at radius 1 is 0.944 bits per heavy atom. The number of carbonyl (C=O) groups excluding carboxylic acids is 2. The highest BCUT2D eigenvalue weighted by Crippen LogP contribution is 2.46. The van der Waals surface area contributed by atoms with Crippen LogP contribution in [0, 0.1) is 35.4 Å². The van der Waals surface area contributed by atoms with Crippen molar-refractivity contribution in [1.82, 2.24) is 4.57 Å². The first-order valence-electron chi connectivity index (χ1n) is 25.2. The Morgan fingerprint density at radius 2 is 1.61 bits per heavy atom. The molecule has 0 spiro atoms. The average molecular weight is 974 g/mol. The highest BCUT2D eigenvalue weighted by Gasteiger charge is 2.42. The van der Waals surface area contributed by atoms with Crippen LogP contribution in [-0.4, -0.2) is 62.3 Å². The Hall–Kier alpha value is -5.75. The summed E-state index contributed by atoms with van der Waals surface area (Å²) in [6.07, 6.45) is 9.60. The number of anilines is 1. The molecule has 0 saturated carbocycles. The van der Waals surface area contributed by atoms with Gasteiger partial charge in [-0.25, -0.2) is 4.39 Å². The largest absolute Gasteiger partial charge is 0.876 e. The topological polar surface area (TPSA) is 153 Å². The van der Waals surface area contributed by atoms with Gasteiger partial charge in [-0.15, -0.1) is 12.3 Å². The molecule has 4 aromatic rings. The number of hydrogen-bond donors (Lipinski definition) is 4. The van der Waals surface area contributed by atoms with E-state index in [1.165, 1.54) is 17.7 Å². The summed E-state index contributed by atoms with van der Waals surface area (Å²) in [4.78, 5) is 26.6. The SMILES string of the molecule is C.C=C([O-])CC(O)CC(O)CCn1c(-c2ccc(F)cc2)c(-c2ccccc2)c(C(=O)Nc2ccccc2)c1C(C)C.C=C1C[C@H](O)C[C@@H](CC[C@@H]2[C@@H]3C(=C[C@H](C)C[C@@H]3OC(=O)[C@@H](C)CC)C=C[C@@H]2C)O1. The van der Waals surface area contributed by atoms with Crippen molar-refractivity contribution in [3.63, 3.8) is 0 Å². The molecule has 4 N–H and O–H groups in total. The van der Waals surface area contributed by atoms with Crippen molar-refractivity contribution < 1.29 is 43.9 Å². The second-order valence-corrected chi connectivity index (χ2v) is 20.1. The van der Waals surface area contributed by atoms with E-state index >= 15 is 0 Å². The highest BCUT2D eigenvalue weighted by atomic mass is 19.1. The van der Waals surface area contributed by atoms with Crippen molar-refractivity contribution in [2.75, 3.05) is 5.32 Å². The zero-order chi connectivity index (χ0) is 50.6. The summed E-state index contributed by atoms with van der Waals surface area (Å²) in [6.45, 7) is 20.0. The lowest BCUT2D eigenvalue weighted by Crippen LogP contribution is -2.42. The maximum Gasteiger partial charge on any atom is 0.308 e. The molecule has 71 heavy (non-hydrogen) atoms. The number of aliphatic hydroxyl groups excluding tert-OH is 3. The zero-order valence-corrected chi connectivity index (χ0v) is 41.9. The van der Waals surface area contributed by atoms with Crippen LogP contribution in [0.1, 0.15) is 129 Å². The van der Waals surface area contributed by atoms with Gasteiger partial charge in [-0.3, -0.25) is 9.59 Å². The Kier molecular flexibility index (Phi) is 20.6. The molecule has 7 rings (SSSR count). The number of hydrogen-bond acceptors (Lipinski definition) is 8. The fourth-order valence-electron chi connectivity index (χ4n) is 10.5. The summed E-state index contributed by atoms with van der Waals surface area (Å²) in [7, 11) is 0. The van der Waals surface area contributed by atoms with Crippen LogP contribution in [0.15, 0.2) is 133 Å². The van der Waals surface area contributed by atoms with E-state index in [0.717, 1.165) is 48.2 Å². The number of rotatable bonds is 18. The Bertz CT molecular complexity index is 2440. The lowest BCUT2D eigenvalue weighted by molar-refractivity contribution is -0.308. The first kappa shape index (κ1) is 56.2. The molecule has 3 aliphatic rings. The van der Waals surface area contributed by atoms with Crippen molar-refractivity contribution in [2.45, 2.75) is 150 Å². The van der Waals surface area contributed by atoms with Gasteiger partial charge in [0.2, 0.25) is 0 Å². The smallest absolute Gasteiger partial charge is 0.308 e. The number of esters is 1. The molecule has 1 saturated heterocycles. The summed E-state index contributed by atoms with van der Waals surface area (Å²) < 4.78 is 28.0. The minimum Gasteiger partial charge on any atom is -0.876 e. The first-order chi connectivity index (χ1) is 33.4. The van der Waals surface area contributed by atoms with Gasteiger partial charge in [-0.05, 0) is 122 Å². The summed E-state index contributed by atoms with van der Waals surface area (Å²) in [5.41, 5.74) is 6.27. The molecular weight excluding hydrogens is 896 g/mol. The molecule has 1 fully saturated rings. The van der Waals surface area contributed by atoms with Crippen molar-refractivity contribution in [3.05, 3.63) is 150 Å². The summed E-state index contributed by atoms with van der Waals surface area (Å²) in [5, 5.41) is 45.4. The van der Waals surface area contributed by atoms with Gasteiger partial charge in [0.25, 0.3) is 5.91 Å². The van der Waals surface area contributed by atoms with Gasteiger partial charge >= 0.3 is 5.97 Å². The molecule has 2 aliphatic carbocycles. The molecule has 1 aliphatic heterocycles. The molecule has 0 bridgehead atoms. The van der Waals surface area contributed by atoms with Crippen LogP contribution in [0.25, 0.3) is 22.4 Å². The summed E-state index contributed by atoms with van der Waals surface area (Å²) in [5.74, 6) is 0.932. The predicted molar refractivity (Wildman–Crippen MR) is 280 cm³/mol. The van der Waals surface area contributed by atoms with E-state index in [4.69, 9.17) is 9.47 Å². The van der Waals surface area contributed by atoms with Gasteiger partial charge in [0.15, 0.2) is 0 Å². The molecule has 1 amide bonds. The number of ether oxygens (including phenoxy) is 2. The molecule has 2 heterocycles. The number of halogens is 1. The van der Waals surface area contributed by atoms with E-state index in [9.17, 15) is 34.4 Å². The lowest BCUT2D eigenvalue weighted by atomic mass is 9.65. The average Bonchev–Trinajstić information content (AvgIpc) is 3.66. The normalized spacial score (nSPS) is 22.8. The minimum absolute atomic E-state index is 0. The number of benzene rings is 3. The number of aliphatic hydroxyl groups is 3. The van der Waals surface area contributed by atoms with Gasteiger partial charge in [-0.1, -0.05) is 122 Å². The standard InChI is InChI=1S/C34H37FN2O4.C25H38O4.CH4/c1-22(2)32-31(34(41)36-27-12-8-5-9-13-27)30(24-10-6-4-7-11-24)33(25-14-16-26(35)17-15-25)37(32)19-18-28(39)21-29(40)20-23(3)38;1-6-16(3)25(27)29-23-12-15(2)11-19-8-7-17(4)22(24(19)23)10-9-21-14-20(26)13-18(5)28-21;/h4-17,22,28-29,38-40H,3,18-21H2,1-2H3,(H,36,41);7-8,11,15-17,20-24,26H,5-6,9-10,12-14H2,1-4H3;1H4/p-1/t;15-,16-,17-,20-,21+,22-,23-,24-;/m.0./s1. The van der Waals surface area contributed by atoms with E-state index in [-0.39, 0.29) is 80.4 Å². The highest BCUT2D eigenvalue weighted by molar-refractivity contribution is 6.12. The molecule has 10 atom stereocenters. The monoisotopic (exact) mass is 974 g/mol. The van der Waals surface area contributed by atoms with Gasteiger partial charge in [0, 0.05) is 42.2 Å². The Balaban J connectivity index is 0.000000276. The second kappa shape index (κ2) is 26.1. The third-order valence-electron chi connectivity index (χ3n) is 14.0. The van der Waals surface area contributed by atoms with E-state index in [1.54, 1.807) is 12.1 Å². The Labute approximate surface area is 422 Å². The molecule has 11 heteroatoms. The van der Waals surface area contributed by atoms with E-state index in [1.807, 2.05) is 92.9 Å². The third-order valence-corrected chi connectivity index (χ3v) is 14.0. The van der Waals surface area contributed by atoms with Crippen LogP contribution in [-0.2, 0) is 20.8 Å². The number of carbonyl (C=O) groups is 2. The molecule has 1 aromatic heterocycles. The number of fused-ring (bicyclic) bond motifs is 1. The van der Waals surface area contributed by atoms with Crippen LogP contribution in [0.2, 0.25) is 0 Å². The van der Waals surface area contributed by atoms with Gasteiger partial charge in [0.1, 0.15) is 18.0 Å². The van der Waals surface area contributed by atoms with Crippen LogP contribution in [0.3, 0.4) is 0 Å². The van der Waals surface area contributed by atoms with E-state index in [2.05, 4.69) is 50.6 Å². The predicted octanol–water partition coefficient (Wildman–Crippen LogP) is 11.9. The quantitative estimate of drug-likeness (QED) is 0.0568. The summed E-state index contributed by atoms with van der Waals surface area (Å²) >= 11 is 0. The van der Waals surface area contributed by atoms with E-state index in [0.29, 0.717) is 59.7 Å². The molecule has 384 valence electrons. The molecule has 2 unspecified atom stereocenters. The third kappa shape index (κ3) is 14.9. The zero-order valence-electron chi connectivity index (χ0n) is 41.9. The number of para-hydroxylation sites is 1. The van der Waals surface area contributed by atoms with Gasteiger partial charge in [-0.2, -0.15) is 0 Å². The van der Waals surface area contributed by atoms with E-state index < -0.39 is 18.0 Å². The number of nitrogens with zero attached hydrogens (tertiary/aromatic N) is 1. The van der Waals surface area contributed by atoms with Crippen molar-refractivity contribution >= 4 is 17.6 Å². The maximum atomic E-state index is 14.1. The molecular formula is C60H78FN2O8-. The number of allylic oxidation sites excluding steroid dienone is 3. The lowest BCUT2D eigenvalue weighted by Gasteiger charge is -2.43. The number of nitrogens with one attached hydrogen (secondary N) is 1. The fraction of sp³-hybridized carbons (Fsp3) is 0.467. The van der Waals surface area contributed by atoms with Crippen molar-refractivity contribution in [1.29, 1.82) is 0 Å². The van der Waals surface area contributed by atoms with Crippen LogP contribution in [0.5, 0.6) is 0 Å². The van der Waals surface area contributed by atoms with Gasteiger partial charge < -0.3 is 39.8 Å². The first-order valence-corrected chi connectivity index (χ1v) is 25.2. The van der Waals surface area contributed by atoms with Crippen molar-refractivity contribution in [3.8, 4) is 22.4 Å². The molecule has 3 aromatic carbocycles. The fourth-order valence-corrected chi connectivity index (χ4v) is 10.5. The van der Waals surface area contributed by atoms with Crippen LogP contribution in [0.4, 0.5) is 10.1 Å². The maximum absolute atomic E-state index is 14.1. The molecule has 0 radical (unpaired) electrons. The molecule has 10 nitrogen and oxygen atoms in total.